The highest BCUT2D eigenvalue weighted by Gasteiger charge is 2.66. The van der Waals surface area contributed by atoms with Gasteiger partial charge in [-0.3, -0.25) is 24.1 Å². The third-order valence-corrected chi connectivity index (χ3v) is 8.40. The van der Waals surface area contributed by atoms with Crippen LogP contribution in [-0.2, 0) is 14.4 Å². The van der Waals surface area contributed by atoms with Gasteiger partial charge in [0.15, 0.2) is 0 Å². The lowest BCUT2D eigenvalue weighted by Gasteiger charge is -2.32. The first kappa shape index (κ1) is 16.3. The van der Waals surface area contributed by atoms with Crippen LogP contribution in [0.1, 0.15) is 24.1 Å². The van der Waals surface area contributed by atoms with Crippen molar-refractivity contribution in [3.8, 4) is 0 Å². The Hall–Kier alpha value is -1.87. The third kappa shape index (κ3) is 2.13. The van der Waals surface area contributed by atoms with Gasteiger partial charge in [-0.1, -0.05) is 28.7 Å². The zero-order valence-corrected chi connectivity index (χ0v) is 15.3. The summed E-state index contributed by atoms with van der Waals surface area (Å²) < 4.78 is 0. The van der Waals surface area contributed by atoms with Crippen molar-refractivity contribution in [1.82, 2.24) is 9.88 Å². The molecule has 0 aromatic carbocycles. The lowest BCUT2D eigenvalue weighted by Crippen LogP contribution is -2.35. The molecular formula is C17H16N2O5S2. The molecule has 2 saturated carbocycles. The fourth-order valence-electron chi connectivity index (χ4n) is 5.09. The van der Waals surface area contributed by atoms with Gasteiger partial charge in [-0.15, -0.1) is 0 Å². The number of carbonyl (C=O) groups is 3. The van der Waals surface area contributed by atoms with Crippen molar-refractivity contribution >= 4 is 47.0 Å². The van der Waals surface area contributed by atoms with E-state index >= 15 is 0 Å². The molecule has 1 aromatic rings. The third-order valence-electron chi connectivity index (χ3n) is 6.01. The number of amides is 2. The van der Waals surface area contributed by atoms with Crippen LogP contribution in [-0.4, -0.2) is 44.6 Å². The van der Waals surface area contributed by atoms with E-state index < -0.39 is 5.97 Å². The summed E-state index contributed by atoms with van der Waals surface area (Å²) in [4.78, 5) is 53.0. The van der Waals surface area contributed by atoms with Crippen molar-refractivity contribution in [3.05, 3.63) is 20.1 Å². The number of imide groups is 1. The summed E-state index contributed by atoms with van der Waals surface area (Å²) in [5, 5.41) is 9.79. The number of thioether (sulfide) groups is 1. The molecule has 26 heavy (non-hydrogen) atoms. The number of carboxylic acid groups (broad SMARTS) is 1. The van der Waals surface area contributed by atoms with E-state index in [0.29, 0.717) is 6.42 Å². The molecule has 2 N–H and O–H groups in total. The van der Waals surface area contributed by atoms with Crippen molar-refractivity contribution in [1.29, 1.82) is 0 Å². The molecule has 0 spiro atoms. The molecule has 2 amide bonds. The SMILES string of the molecule is O=C(O)CCCN1C(=O)C2C(C1=O)[C@@H]1C[C@H]2C2Sc3[nH]c(=O)sc3C=C21. The Kier molecular flexibility index (Phi) is 3.49. The van der Waals surface area contributed by atoms with E-state index in [4.69, 9.17) is 5.11 Å². The van der Waals surface area contributed by atoms with E-state index in [2.05, 4.69) is 4.98 Å². The van der Waals surface area contributed by atoms with Crippen LogP contribution in [0.3, 0.4) is 0 Å². The maximum Gasteiger partial charge on any atom is 0.305 e. The van der Waals surface area contributed by atoms with Crippen LogP contribution in [0.2, 0.25) is 0 Å². The second kappa shape index (κ2) is 5.56. The standard InChI is InChI=1S/C17H16N2O5S2/c20-10(21)2-1-3-19-15(22)11-6-4-8(12(11)16(19)23)13-7(6)5-9-14(26-13)18-17(24)25-9/h5-6,8,11-13H,1-4H2,(H,18,24)(H,20,21)/t6-,8-,11?,12?,13?/m1/s1. The molecular weight excluding hydrogens is 376 g/mol. The maximum atomic E-state index is 12.9. The van der Waals surface area contributed by atoms with Crippen LogP contribution in [0.4, 0.5) is 0 Å². The molecule has 1 saturated heterocycles. The van der Waals surface area contributed by atoms with Gasteiger partial charge >= 0.3 is 10.8 Å². The molecule has 2 bridgehead atoms. The minimum atomic E-state index is -0.919. The first-order chi connectivity index (χ1) is 12.5. The minimum Gasteiger partial charge on any atom is -0.481 e. The van der Waals surface area contributed by atoms with Crippen LogP contribution in [0, 0.1) is 23.7 Å². The molecule has 7 nitrogen and oxygen atoms in total. The molecule has 5 atom stereocenters. The van der Waals surface area contributed by atoms with Gasteiger partial charge < -0.3 is 10.1 Å². The fraction of sp³-hybridized carbons (Fsp3) is 0.529. The van der Waals surface area contributed by atoms with Gasteiger partial charge in [0.1, 0.15) is 0 Å². The number of fused-ring (bicyclic) bond motifs is 9. The van der Waals surface area contributed by atoms with Crippen LogP contribution in [0.15, 0.2) is 15.4 Å². The van der Waals surface area contributed by atoms with Crippen molar-refractivity contribution in [2.75, 3.05) is 6.54 Å². The summed E-state index contributed by atoms with van der Waals surface area (Å²) in [5.41, 5.74) is 1.19. The molecule has 0 radical (unpaired) electrons. The highest BCUT2D eigenvalue weighted by atomic mass is 32.2. The monoisotopic (exact) mass is 392 g/mol. The zero-order chi connectivity index (χ0) is 18.2. The normalized spacial score (nSPS) is 33.9. The number of aromatic nitrogens is 1. The summed E-state index contributed by atoms with van der Waals surface area (Å²) in [6.07, 6.45) is 3.14. The summed E-state index contributed by atoms with van der Waals surface area (Å²) in [5.74, 6) is -1.63. The Bertz CT molecular complexity index is 932. The number of carbonyl (C=O) groups excluding carboxylic acids is 2. The number of aromatic amines is 1. The van der Waals surface area contributed by atoms with Gasteiger partial charge in [0.25, 0.3) is 0 Å². The molecule has 4 aliphatic rings. The molecule has 3 unspecified atom stereocenters. The number of rotatable bonds is 4. The number of likely N-dealkylation sites (tertiary alicyclic amines) is 1. The Morgan fingerprint density at radius 1 is 1.27 bits per heavy atom. The Morgan fingerprint density at radius 3 is 2.81 bits per heavy atom. The Labute approximate surface area is 156 Å². The number of thiazole rings is 1. The summed E-state index contributed by atoms with van der Waals surface area (Å²) in [7, 11) is 0. The molecule has 136 valence electrons. The largest absolute Gasteiger partial charge is 0.481 e. The molecule has 3 heterocycles. The van der Waals surface area contributed by atoms with Crippen molar-refractivity contribution in [3.63, 3.8) is 0 Å². The topological polar surface area (TPSA) is 108 Å². The zero-order valence-electron chi connectivity index (χ0n) is 13.6. The molecule has 3 fully saturated rings. The quantitative estimate of drug-likeness (QED) is 0.750. The number of nitrogens with one attached hydrogen (secondary N) is 1. The Morgan fingerprint density at radius 2 is 2.04 bits per heavy atom. The van der Waals surface area contributed by atoms with E-state index in [-0.39, 0.29) is 58.6 Å². The first-order valence-corrected chi connectivity index (χ1v) is 10.3. The van der Waals surface area contributed by atoms with Crippen LogP contribution in [0.5, 0.6) is 0 Å². The van der Waals surface area contributed by atoms with E-state index in [0.717, 1.165) is 16.3 Å². The van der Waals surface area contributed by atoms with E-state index in [1.165, 1.54) is 21.8 Å². The van der Waals surface area contributed by atoms with Gasteiger partial charge in [0.2, 0.25) is 11.8 Å². The first-order valence-electron chi connectivity index (χ1n) is 8.64. The van der Waals surface area contributed by atoms with Gasteiger partial charge in [-0.2, -0.15) is 0 Å². The number of aliphatic carboxylic acids is 1. The van der Waals surface area contributed by atoms with E-state index in [9.17, 15) is 19.2 Å². The van der Waals surface area contributed by atoms with Gasteiger partial charge in [0.05, 0.1) is 21.7 Å². The average molecular weight is 392 g/mol. The smallest absolute Gasteiger partial charge is 0.305 e. The average Bonchev–Trinajstić information content (AvgIpc) is 3.28. The summed E-state index contributed by atoms with van der Waals surface area (Å²) in [6, 6.07) is 0. The molecule has 5 rings (SSSR count). The van der Waals surface area contributed by atoms with E-state index in [1.54, 1.807) is 11.8 Å². The predicted octanol–water partition coefficient (Wildman–Crippen LogP) is 1.41. The lowest BCUT2D eigenvalue weighted by molar-refractivity contribution is -0.142. The van der Waals surface area contributed by atoms with Gasteiger partial charge in [-0.05, 0) is 30.8 Å². The highest BCUT2D eigenvalue weighted by molar-refractivity contribution is 8.00. The molecule has 2 aliphatic carbocycles. The summed E-state index contributed by atoms with van der Waals surface area (Å²) >= 11 is 2.79. The lowest BCUT2D eigenvalue weighted by atomic mass is 9.77. The fourth-order valence-corrected chi connectivity index (χ4v) is 7.53. The van der Waals surface area contributed by atoms with Gasteiger partial charge in [-0.25, -0.2) is 0 Å². The predicted molar refractivity (Wildman–Crippen MR) is 94.7 cm³/mol. The maximum absolute atomic E-state index is 12.9. The molecule has 1 aromatic heterocycles. The van der Waals surface area contributed by atoms with Crippen LogP contribution < -0.4 is 4.87 Å². The van der Waals surface area contributed by atoms with Gasteiger partial charge in [0, 0.05) is 18.2 Å². The molecule has 2 aliphatic heterocycles. The second-order valence-electron chi connectivity index (χ2n) is 7.27. The second-order valence-corrected chi connectivity index (χ2v) is 9.44. The minimum absolute atomic E-state index is 0.0452. The van der Waals surface area contributed by atoms with Crippen molar-refractivity contribution in [2.24, 2.45) is 23.7 Å². The van der Waals surface area contributed by atoms with Crippen molar-refractivity contribution in [2.45, 2.75) is 29.5 Å². The summed E-state index contributed by atoms with van der Waals surface area (Å²) in [6.45, 7) is 0.188. The number of H-pyrrole nitrogens is 1. The number of hydrogen-bond donors (Lipinski definition) is 2. The number of hydrogen-bond acceptors (Lipinski definition) is 6. The number of carboxylic acids is 1. The van der Waals surface area contributed by atoms with Crippen molar-refractivity contribution < 1.29 is 19.5 Å². The van der Waals surface area contributed by atoms with Crippen LogP contribution in [0.25, 0.3) is 6.08 Å². The molecule has 9 heteroatoms. The number of nitrogens with zero attached hydrogens (tertiary/aromatic N) is 1. The highest BCUT2D eigenvalue weighted by Crippen LogP contribution is 2.64. The Balaban J connectivity index is 1.43. The van der Waals surface area contributed by atoms with Crippen LogP contribution >= 0.6 is 23.1 Å². The van der Waals surface area contributed by atoms with E-state index in [1.807, 2.05) is 6.08 Å².